The number of nitrogens with two attached hydrogens (primary N) is 1. The van der Waals surface area contributed by atoms with E-state index in [1.165, 1.54) is 6.07 Å². The molecule has 0 spiro atoms. The van der Waals surface area contributed by atoms with Gasteiger partial charge in [0, 0.05) is 41.8 Å². The van der Waals surface area contributed by atoms with Gasteiger partial charge in [-0.1, -0.05) is 22.0 Å². The van der Waals surface area contributed by atoms with Crippen LogP contribution in [0.15, 0.2) is 34.8 Å². The van der Waals surface area contributed by atoms with Gasteiger partial charge in [0.15, 0.2) is 11.6 Å². The number of carbonyl (C=O) groups excluding carboxylic acids is 3. The molecule has 0 aliphatic carbocycles. The lowest BCUT2D eigenvalue weighted by Crippen LogP contribution is -2.50. The van der Waals surface area contributed by atoms with E-state index in [0.29, 0.717) is 31.7 Å². The molecule has 37 heavy (non-hydrogen) atoms. The van der Waals surface area contributed by atoms with Crippen molar-refractivity contribution in [2.45, 2.75) is 44.7 Å². The van der Waals surface area contributed by atoms with Gasteiger partial charge in [-0.05, 0) is 55.9 Å². The highest BCUT2D eigenvalue weighted by molar-refractivity contribution is 9.10. The van der Waals surface area contributed by atoms with Gasteiger partial charge in [0.05, 0.1) is 18.2 Å². The summed E-state index contributed by atoms with van der Waals surface area (Å²) in [4.78, 5) is 37.0. The minimum atomic E-state index is -1.30. The molecule has 0 radical (unpaired) electrons. The van der Waals surface area contributed by atoms with E-state index in [0.717, 1.165) is 47.7 Å². The minimum absolute atomic E-state index is 0.231. The SMILES string of the molecule is NC(=O)c1ccc(OCCC2CCN(c3cccc(Br)c3CNC3CCC(=O)NC3=O)CC2)c(F)c1F. The van der Waals surface area contributed by atoms with Crippen LogP contribution >= 0.6 is 15.9 Å². The third-order valence-corrected chi connectivity index (χ3v) is 7.65. The summed E-state index contributed by atoms with van der Waals surface area (Å²) in [6, 6.07) is 7.94. The average molecular weight is 579 g/mol. The van der Waals surface area contributed by atoms with Crippen LogP contribution in [0.2, 0.25) is 0 Å². The number of piperidine rings is 2. The summed E-state index contributed by atoms with van der Waals surface area (Å²) in [5.41, 5.74) is 6.66. The topological polar surface area (TPSA) is 114 Å². The number of nitrogens with one attached hydrogen (secondary N) is 2. The van der Waals surface area contributed by atoms with Crippen LogP contribution in [0.25, 0.3) is 0 Å². The number of imide groups is 1. The first kappa shape index (κ1) is 27.0. The van der Waals surface area contributed by atoms with Gasteiger partial charge in [0.2, 0.25) is 17.6 Å². The molecule has 4 N–H and O–H groups in total. The normalized spacial score (nSPS) is 18.6. The molecule has 1 atom stereocenters. The molecular weight excluding hydrogens is 550 g/mol. The number of amides is 3. The lowest BCUT2D eigenvalue weighted by atomic mass is 9.93. The largest absolute Gasteiger partial charge is 0.490 e. The van der Waals surface area contributed by atoms with Gasteiger partial charge in [-0.3, -0.25) is 19.7 Å². The van der Waals surface area contributed by atoms with Crippen LogP contribution in [0, 0.1) is 17.6 Å². The van der Waals surface area contributed by atoms with Gasteiger partial charge in [-0.2, -0.15) is 4.39 Å². The summed E-state index contributed by atoms with van der Waals surface area (Å²) in [5, 5.41) is 5.65. The highest BCUT2D eigenvalue weighted by Gasteiger charge is 2.27. The number of halogens is 3. The Morgan fingerprint density at radius 3 is 2.59 bits per heavy atom. The van der Waals surface area contributed by atoms with Crippen molar-refractivity contribution in [2.75, 3.05) is 24.6 Å². The summed E-state index contributed by atoms with van der Waals surface area (Å²) in [5.74, 6) is -3.94. The van der Waals surface area contributed by atoms with Crippen LogP contribution in [-0.2, 0) is 16.1 Å². The summed E-state index contributed by atoms with van der Waals surface area (Å²) in [7, 11) is 0. The Morgan fingerprint density at radius 2 is 1.89 bits per heavy atom. The lowest BCUT2D eigenvalue weighted by molar-refractivity contribution is -0.134. The smallest absolute Gasteiger partial charge is 0.251 e. The van der Waals surface area contributed by atoms with E-state index in [1.807, 2.05) is 12.1 Å². The van der Waals surface area contributed by atoms with Crippen LogP contribution < -0.4 is 26.0 Å². The van der Waals surface area contributed by atoms with E-state index in [2.05, 4.69) is 37.5 Å². The minimum Gasteiger partial charge on any atom is -0.490 e. The standard InChI is InChI=1S/C26H29BrF2N4O4/c27-18-2-1-3-20(17(18)14-31-19-5-7-22(34)32-26(19)36)33-11-8-15(9-12-33)10-13-37-21-6-4-16(25(30)35)23(28)24(21)29/h1-4,6,15,19,31H,5,7-14H2,(H2,30,35)(H,32,34,36). The molecule has 8 nitrogen and oxygen atoms in total. The van der Waals surface area contributed by atoms with Gasteiger partial charge in [-0.15, -0.1) is 0 Å². The second kappa shape index (κ2) is 12.0. The zero-order valence-electron chi connectivity index (χ0n) is 20.2. The van der Waals surface area contributed by atoms with E-state index in [1.54, 1.807) is 0 Å². The van der Waals surface area contributed by atoms with Crippen molar-refractivity contribution >= 4 is 39.3 Å². The number of hydrogen-bond acceptors (Lipinski definition) is 6. The molecule has 2 saturated heterocycles. The molecule has 4 rings (SSSR count). The van der Waals surface area contributed by atoms with Gasteiger partial charge >= 0.3 is 0 Å². The molecule has 2 aliphatic heterocycles. The average Bonchev–Trinajstić information content (AvgIpc) is 2.87. The fraction of sp³-hybridized carbons (Fsp3) is 0.423. The first-order valence-electron chi connectivity index (χ1n) is 12.2. The number of benzene rings is 2. The summed E-state index contributed by atoms with van der Waals surface area (Å²) in [6.45, 7) is 2.36. The van der Waals surface area contributed by atoms with Crippen LogP contribution in [0.4, 0.5) is 14.5 Å². The first-order valence-corrected chi connectivity index (χ1v) is 13.0. The van der Waals surface area contributed by atoms with Crippen molar-refractivity contribution in [3.63, 3.8) is 0 Å². The van der Waals surface area contributed by atoms with Crippen LogP contribution in [0.5, 0.6) is 5.75 Å². The monoisotopic (exact) mass is 578 g/mol. The highest BCUT2D eigenvalue weighted by Crippen LogP contribution is 2.32. The maximum absolute atomic E-state index is 14.2. The molecule has 2 aliphatic rings. The maximum Gasteiger partial charge on any atom is 0.251 e. The van der Waals surface area contributed by atoms with E-state index < -0.39 is 29.1 Å². The van der Waals surface area contributed by atoms with Gasteiger partial charge < -0.3 is 20.7 Å². The zero-order chi connectivity index (χ0) is 26.5. The molecule has 2 heterocycles. The summed E-state index contributed by atoms with van der Waals surface area (Å²) < 4.78 is 34.5. The predicted molar refractivity (Wildman–Crippen MR) is 137 cm³/mol. The van der Waals surface area contributed by atoms with Crippen molar-refractivity contribution in [1.29, 1.82) is 0 Å². The number of ether oxygens (including phenoxy) is 1. The molecule has 2 aromatic carbocycles. The van der Waals surface area contributed by atoms with Crippen molar-refractivity contribution in [3.05, 3.63) is 57.6 Å². The highest BCUT2D eigenvalue weighted by atomic mass is 79.9. The second-order valence-electron chi connectivity index (χ2n) is 9.29. The zero-order valence-corrected chi connectivity index (χ0v) is 21.8. The van der Waals surface area contributed by atoms with Gasteiger partial charge in [0.25, 0.3) is 5.91 Å². The number of rotatable bonds is 9. The quantitative estimate of drug-likeness (QED) is 0.393. The van der Waals surface area contributed by atoms with E-state index in [9.17, 15) is 23.2 Å². The van der Waals surface area contributed by atoms with Crippen molar-refractivity contribution in [1.82, 2.24) is 10.6 Å². The Morgan fingerprint density at radius 1 is 1.14 bits per heavy atom. The number of hydrogen-bond donors (Lipinski definition) is 3. The summed E-state index contributed by atoms with van der Waals surface area (Å²) >= 11 is 3.63. The predicted octanol–water partition coefficient (Wildman–Crippen LogP) is 3.41. The molecule has 1 unspecified atom stereocenters. The molecule has 0 saturated carbocycles. The molecule has 0 aromatic heterocycles. The fourth-order valence-electron chi connectivity index (χ4n) is 4.76. The number of primary amides is 1. The molecule has 2 fully saturated rings. The van der Waals surface area contributed by atoms with Crippen LogP contribution in [-0.4, -0.2) is 43.5 Å². The molecule has 198 valence electrons. The van der Waals surface area contributed by atoms with Crippen molar-refractivity contribution in [3.8, 4) is 5.75 Å². The summed E-state index contributed by atoms with van der Waals surface area (Å²) in [6.07, 6.45) is 3.31. The van der Waals surface area contributed by atoms with Crippen LogP contribution in [0.3, 0.4) is 0 Å². The van der Waals surface area contributed by atoms with Crippen LogP contribution in [0.1, 0.15) is 48.0 Å². The number of nitrogens with zero attached hydrogens (tertiary/aromatic N) is 1. The maximum atomic E-state index is 14.2. The molecular formula is C26H29BrF2N4O4. The number of anilines is 1. The Hall–Kier alpha value is -3.05. The fourth-order valence-corrected chi connectivity index (χ4v) is 5.26. The lowest BCUT2D eigenvalue weighted by Gasteiger charge is -2.35. The Kier molecular flexibility index (Phi) is 8.75. The van der Waals surface area contributed by atoms with Gasteiger partial charge in [-0.25, -0.2) is 4.39 Å². The third kappa shape index (κ3) is 6.45. The molecule has 0 bridgehead atoms. The van der Waals surface area contributed by atoms with E-state index in [4.69, 9.17) is 10.5 Å². The first-order chi connectivity index (χ1) is 17.7. The third-order valence-electron chi connectivity index (χ3n) is 6.91. The molecule has 3 amide bonds. The van der Waals surface area contributed by atoms with Gasteiger partial charge in [0.1, 0.15) is 0 Å². The Bertz CT molecular complexity index is 1190. The van der Waals surface area contributed by atoms with E-state index in [-0.39, 0.29) is 24.2 Å². The molecule has 2 aromatic rings. The van der Waals surface area contributed by atoms with Crippen molar-refractivity contribution in [2.24, 2.45) is 11.7 Å². The Labute approximate surface area is 222 Å². The second-order valence-corrected chi connectivity index (χ2v) is 10.1. The Balaban J connectivity index is 1.29. The number of carbonyl (C=O) groups is 3. The molecule has 11 heteroatoms. The van der Waals surface area contributed by atoms with Crippen molar-refractivity contribution < 1.29 is 27.9 Å². The van der Waals surface area contributed by atoms with E-state index >= 15 is 0 Å².